The number of likely N-dealkylation sites (tertiary alicyclic amines) is 1. The molecule has 1 saturated heterocycles. The van der Waals surface area contributed by atoms with Gasteiger partial charge in [-0.05, 0) is 107 Å². The van der Waals surface area contributed by atoms with Gasteiger partial charge in [0, 0.05) is 67.8 Å². The molecule has 2 fully saturated rings. The van der Waals surface area contributed by atoms with E-state index in [1.165, 1.54) is 24.0 Å². The fourth-order valence-corrected chi connectivity index (χ4v) is 8.95. The Morgan fingerprint density at radius 2 is 1.82 bits per heavy atom. The van der Waals surface area contributed by atoms with Crippen molar-refractivity contribution in [3.63, 3.8) is 0 Å². The minimum absolute atomic E-state index is 0.0958. The lowest BCUT2D eigenvalue weighted by Crippen LogP contribution is -2.55. The lowest BCUT2D eigenvalue weighted by Gasteiger charge is -2.46. The Kier molecular flexibility index (Phi) is 9.73. The van der Waals surface area contributed by atoms with E-state index in [1.807, 2.05) is 0 Å². The van der Waals surface area contributed by atoms with E-state index in [4.69, 9.17) is 4.74 Å². The van der Waals surface area contributed by atoms with Gasteiger partial charge >= 0.3 is 0 Å². The maximum absolute atomic E-state index is 14.0. The monoisotopic (exact) mass is 609 g/mol. The van der Waals surface area contributed by atoms with Crippen molar-refractivity contribution in [3.8, 4) is 0 Å². The van der Waals surface area contributed by atoms with Crippen molar-refractivity contribution in [2.24, 2.45) is 29.6 Å². The first-order valence-electron chi connectivity index (χ1n) is 17.8. The molecule has 0 aromatic heterocycles. The van der Waals surface area contributed by atoms with Gasteiger partial charge in [-0.2, -0.15) is 0 Å². The normalized spacial score (nSPS) is 34.2. The van der Waals surface area contributed by atoms with Crippen molar-refractivity contribution in [3.05, 3.63) is 34.6 Å². The number of ketones is 1. The fourth-order valence-electron chi connectivity index (χ4n) is 8.95. The van der Waals surface area contributed by atoms with Gasteiger partial charge in [0.1, 0.15) is 12.0 Å². The summed E-state index contributed by atoms with van der Waals surface area (Å²) in [5.74, 6) is 2.37. The van der Waals surface area contributed by atoms with Crippen molar-refractivity contribution >= 4 is 11.7 Å². The van der Waals surface area contributed by atoms with E-state index in [9.17, 15) is 14.0 Å². The molecule has 1 N–H and O–H groups in total. The van der Waals surface area contributed by atoms with Crippen LogP contribution in [-0.2, 0) is 14.3 Å². The Hall–Kier alpha value is -1.99. The molecule has 1 saturated carbocycles. The van der Waals surface area contributed by atoms with Crippen LogP contribution in [0, 0.1) is 29.6 Å². The van der Waals surface area contributed by atoms with Crippen LogP contribution in [0.5, 0.6) is 0 Å². The number of amides is 1. The Labute approximate surface area is 264 Å². The summed E-state index contributed by atoms with van der Waals surface area (Å²) in [6.07, 6.45) is 13.5. The number of Topliss-reactive ketones (excluding diaryl/α,β-unsaturated/α-hetero) is 1. The van der Waals surface area contributed by atoms with Crippen LogP contribution in [0.2, 0.25) is 0 Å². The van der Waals surface area contributed by atoms with Crippen LogP contribution in [0.4, 0.5) is 4.39 Å². The highest BCUT2D eigenvalue weighted by atomic mass is 19.1. The van der Waals surface area contributed by atoms with Crippen molar-refractivity contribution in [1.82, 2.24) is 15.1 Å². The van der Waals surface area contributed by atoms with E-state index >= 15 is 0 Å². The van der Waals surface area contributed by atoms with Crippen LogP contribution in [0.1, 0.15) is 98.8 Å². The van der Waals surface area contributed by atoms with Crippen LogP contribution >= 0.6 is 0 Å². The number of piperidine rings is 1. The number of alkyl halides is 1. The number of nitrogens with zero attached hydrogens (tertiary/aromatic N) is 2. The molecule has 6 atom stereocenters. The van der Waals surface area contributed by atoms with E-state index < -0.39 is 6.17 Å². The van der Waals surface area contributed by atoms with Gasteiger partial charge < -0.3 is 19.9 Å². The smallest absolute Gasteiger partial charge is 0.251 e. The highest BCUT2D eigenvalue weighted by Crippen LogP contribution is 2.50. The first-order chi connectivity index (χ1) is 21.1. The number of allylic oxidation sites excluding steroid dienone is 3. The molecule has 7 heteroatoms. The van der Waals surface area contributed by atoms with Crippen molar-refractivity contribution in [1.29, 1.82) is 0 Å². The van der Waals surface area contributed by atoms with Gasteiger partial charge in [0.2, 0.25) is 0 Å². The van der Waals surface area contributed by atoms with Gasteiger partial charge in [-0.3, -0.25) is 9.59 Å². The van der Waals surface area contributed by atoms with E-state index in [2.05, 4.69) is 55.0 Å². The molecule has 0 bridgehead atoms. The van der Waals surface area contributed by atoms with E-state index in [-0.39, 0.29) is 41.9 Å². The van der Waals surface area contributed by atoms with Crippen molar-refractivity contribution in [2.45, 2.75) is 129 Å². The first kappa shape index (κ1) is 32.0. The minimum Gasteiger partial charge on any atom is -0.384 e. The van der Waals surface area contributed by atoms with Crippen molar-refractivity contribution in [2.75, 3.05) is 26.2 Å². The molecule has 3 aliphatic carbocycles. The van der Waals surface area contributed by atoms with Gasteiger partial charge in [0.25, 0.3) is 5.91 Å². The number of ether oxygens (including phenoxy) is 1. The van der Waals surface area contributed by atoms with Gasteiger partial charge in [-0.25, -0.2) is 4.39 Å². The van der Waals surface area contributed by atoms with E-state index in [0.717, 1.165) is 75.5 Å². The summed E-state index contributed by atoms with van der Waals surface area (Å²) in [6, 6.07) is 0.383. The molecule has 0 aromatic rings. The van der Waals surface area contributed by atoms with Crippen LogP contribution in [0.15, 0.2) is 34.6 Å². The second-order valence-corrected chi connectivity index (χ2v) is 15.4. The zero-order chi connectivity index (χ0) is 31.1. The summed E-state index contributed by atoms with van der Waals surface area (Å²) < 4.78 is 20.5. The summed E-state index contributed by atoms with van der Waals surface area (Å²) in [5.41, 5.74) is 4.80. The predicted octanol–water partition coefficient (Wildman–Crippen LogP) is 6.37. The van der Waals surface area contributed by atoms with Gasteiger partial charge in [-0.1, -0.05) is 26.0 Å². The summed E-state index contributed by atoms with van der Waals surface area (Å²) in [6.45, 7) is 14.1. The topological polar surface area (TPSA) is 61.9 Å². The first-order valence-corrected chi connectivity index (χ1v) is 17.8. The third-order valence-corrected chi connectivity index (χ3v) is 11.5. The molecule has 3 heterocycles. The van der Waals surface area contributed by atoms with Crippen LogP contribution < -0.4 is 5.32 Å². The number of carbonyl (C=O) groups is 2. The number of carbonyl (C=O) groups excluding carboxylic acids is 2. The molecule has 44 heavy (non-hydrogen) atoms. The number of hydrogen-bond donors (Lipinski definition) is 1. The summed E-state index contributed by atoms with van der Waals surface area (Å²) in [4.78, 5) is 31.0. The Morgan fingerprint density at radius 1 is 1.07 bits per heavy atom. The molecule has 6 rings (SSSR count). The second-order valence-electron chi connectivity index (χ2n) is 15.4. The zero-order valence-corrected chi connectivity index (χ0v) is 27.8. The molecule has 0 spiro atoms. The molecule has 6 aliphatic rings. The third-order valence-electron chi connectivity index (χ3n) is 11.5. The summed E-state index contributed by atoms with van der Waals surface area (Å²) in [5, 5.41) is 3.62. The molecule has 244 valence electrons. The summed E-state index contributed by atoms with van der Waals surface area (Å²) >= 11 is 0. The maximum atomic E-state index is 14.0. The largest absolute Gasteiger partial charge is 0.384 e. The molecule has 0 aromatic carbocycles. The predicted molar refractivity (Wildman–Crippen MR) is 173 cm³/mol. The van der Waals surface area contributed by atoms with Gasteiger partial charge in [0.15, 0.2) is 0 Å². The molecule has 1 unspecified atom stereocenters. The highest BCUT2D eigenvalue weighted by molar-refractivity contribution is 5.96. The standard InChI is InChI=1S/C37H56FN3O3/c1-22(2)36-30(24(5)42)19-33-34(39-36)14-17-41(37(33)43)29-12-15-40(16-13-29)21-27-18-31(25-6-7-25)32(20-35(27)44-23(3)4)26-8-10-28(38)11-9-26/h8,20,22-23,25,27-31,35-36,39H,6-7,9-19,21H2,1-5H3/t27-,28-,30+,31+,35?,36-/m0/s1. The zero-order valence-electron chi connectivity index (χ0n) is 27.8. The second kappa shape index (κ2) is 13.4. The fraction of sp³-hybridized carbons (Fsp3) is 0.784. The van der Waals surface area contributed by atoms with Crippen LogP contribution in [0.3, 0.4) is 0 Å². The Bertz CT molecular complexity index is 1180. The molecular formula is C37H56FN3O3. The highest BCUT2D eigenvalue weighted by Gasteiger charge is 2.44. The number of rotatable bonds is 9. The van der Waals surface area contributed by atoms with E-state index in [1.54, 1.807) is 6.92 Å². The summed E-state index contributed by atoms with van der Waals surface area (Å²) in [7, 11) is 0. The minimum atomic E-state index is -0.686. The number of halogens is 1. The van der Waals surface area contributed by atoms with Crippen molar-refractivity contribution < 1.29 is 18.7 Å². The average Bonchev–Trinajstić information content (AvgIpc) is 3.84. The van der Waals surface area contributed by atoms with Crippen LogP contribution in [-0.4, -0.2) is 78.1 Å². The Morgan fingerprint density at radius 3 is 2.43 bits per heavy atom. The van der Waals surface area contributed by atoms with E-state index in [0.29, 0.717) is 37.0 Å². The van der Waals surface area contributed by atoms with Gasteiger partial charge in [-0.15, -0.1) is 0 Å². The number of nitrogens with one attached hydrogen (secondary N) is 1. The van der Waals surface area contributed by atoms with Gasteiger partial charge in [0.05, 0.1) is 12.2 Å². The molecular weight excluding hydrogens is 553 g/mol. The van der Waals surface area contributed by atoms with Crippen LogP contribution in [0.25, 0.3) is 0 Å². The SMILES string of the molecule is CC(=O)[C@H]1CC2=C(CCN(C3CCN(C[C@@H]4C[C@H](C5CC5)C(C5=CC[C@H](F)CC5)=CC4OC(C)C)CC3)C2=O)N[C@H]1C(C)C. The lowest BCUT2D eigenvalue weighted by molar-refractivity contribution is -0.132. The number of hydrogen-bond acceptors (Lipinski definition) is 5. The maximum Gasteiger partial charge on any atom is 0.251 e. The average molecular weight is 610 g/mol. The lowest BCUT2D eigenvalue weighted by atomic mass is 9.72. The third kappa shape index (κ3) is 6.89. The molecule has 3 aliphatic heterocycles. The molecule has 6 nitrogen and oxygen atoms in total. The Balaban J connectivity index is 1.10. The molecule has 1 amide bonds. The molecule has 0 radical (unpaired) electrons. The quantitative estimate of drug-likeness (QED) is 0.329.